The number of carboxylic acids is 1. The number of aromatic nitrogens is 4. The van der Waals surface area contributed by atoms with Gasteiger partial charge >= 0.3 is 5.97 Å². The van der Waals surface area contributed by atoms with Gasteiger partial charge in [-0.05, 0) is 34.6 Å². The largest absolute Gasteiger partial charge is 0.481 e. The van der Waals surface area contributed by atoms with Crippen molar-refractivity contribution in [3.8, 4) is 0 Å². The van der Waals surface area contributed by atoms with Crippen LogP contribution in [0.15, 0.2) is 0 Å². The van der Waals surface area contributed by atoms with Crippen molar-refractivity contribution in [3.05, 3.63) is 5.82 Å². The second kappa shape index (κ2) is 4.90. The molecule has 2 atom stereocenters. The first-order chi connectivity index (χ1) is 8.81. The maximum absolute atomic E-state index is 11.3. The number of tetrazole rings is 1. The lowest BCUT2D eigenvalue weighted by atomic mass is 9.97. The first-order valence-corrected chi connectivity index (χ1v) is 6.80. The molecule has 0 radical (unpaired) electrons. The van der Waals surface area contributed by atoms with Crippen LogP contribution >= 0.6 is 0 Å². The van der Waals surface area contributed by atoms with Crippen molar-refractivity contribution in [2.24, 2.45) is 17.3 Å². The van der Waals surface area contributed by atoms with Crippen molar-refractivity contribution in [1.82, 2.24) is 20.2 Å². The fourth-order valence-corrected chi connectivity index (χ4v) is 2.53. The predicted octanol–water partition coefficient (Wildman–Crippen LogP) is 1.93. The summed E-state index contributed by atoms with van der Waals surface area (Å²) in [5.41, 5.74) is 0.239. The Balaban J connectivity index is 2.10. The summed E-state index contributed by atoms with van der Waals surface area (Å²) >= 11 is 0. The van der Waals surface area contributed by atoms with Crippen molar-refractivity contribution in [3.63, 3.8) is 0 Å². The van der Waals surface area contributed by atoms with E-state index >= 15 is 0 Å². The van der Waals surface area contributed by atoms with E-state index in [1.165, 1.54) is 0 Å². The highest BCUT2D eigenvalue weighted by Gasteiger charge is 2.49. The number of hydrogen-bond donors (Lipinski definition) is 1. The second-order valence-electron chi connectivity index (χ2n) is 6.63. The lowest BCUT2D eigenvalue weighted by Gasteiger charge is -2.15. The summed E-state index contributed by atoms with van der Waals surface area (Å²) in [5.74, 6) is 0.337. The molecule has 106 valence electrons. The maximum Gasteiger partial charge on any atom is 0.308 e. The molecule has 1 saturated carbocycles. The molecule has 1 aliphatic carbocycles. The molecule has 0 amide bonds. The molecule has 0 bridgehead atoms. The van der Waals surface area contributed by atoms with E-state index in [9.17, 15) is 9.90 Å². The fourth-order valence-electron chi connectivity index (χ4n) is 2.53. The minimum absolute atomic E-state index is 0.239. The van der Waals surface area contributed by atoms with Gasteiger partial charge < -0.3 is 5.11 Å². The van der Waals surface area contributed by atoms with Gasteiger partial charge in [-0.2, -0.15) is 0 Å². The lowest BCUT2D eigenvalue weighted by Crippen LogP contribution is -2.23. The van der Waals surface area contributed by atoms with Crippen LogP contribution in [0.2, 0.25) is 0 Å². The maximum atomic E-state index is 11.3. The summed E-state index contributed by atoms with van der Waals surface area (Å²) < 4.78 is 1.68. The lowest BCUT2D eigenvalue weighted by molar-refractivity contribution is -0.142. The molecule has 1 aromatic rings. The van der Waals surface area contributed by atoms with E-state index in [-0.39, 0.29) is 5.41 Å². The number of hydrogen-bond acceptors (Lipinski definition) is 4. The highest BCUT2D eigenvalue weighted by molar-refractivity contribution is 5.69. The molecule has 2 rings (SSSR count). The van der Waals surface area contributed by atoms with Gasteiger partial charge in [0.25, 0.3) is 0 Å². The summed E-state index contributed by atoms with van der Waals surface area (Å²) in [7, 11) is 0. The van der Waals surface area contributed by atoms with Crippen molar-refractivity contribution in [1.29, 1.82) is 0 Å². The highest BCUT2D eigenvalue weighted by Crippen LogP contribution is 2.57. The predicted molar refractivity (Wildman–Crippen MR) is 69.5 cm³/mol. The van der Waals surface area contributed by atoms with Crippen molar-refractivity contribution in [2.75, 3.05) is 0 Å². The van der Waals surface area contributed by atoms with Gasteiger partial charge in [0.15, 0.2) is 5.82 Å². The van der Waals surface area contributed by atoms with Crippen molar-refractivity contribution in [2.45, 2.75) is 53.0 Å². The first-order valence-electron chi connectivity index (χ1n) is 6.80. The molecule has 0 saturated heterocycles. The van der Waals surface area contributed by atoms with E-state index in [2.05, 4.69) is 29.4 Å². The Kier molecular flexibility index (Phi) is 3.60. The Morgan fingerprint density at radius 2 is 2.16 bits per heavy atom. The van der Waals surface area contributed by atoms with Crippen LogP contribution in [0.5, 0.6) is 0 Å². The zero-order valence-corrected chi connectivity index (χ0v) is 12.0. The molecule has 0 spiro atoms. The molecule has 2 unspecified atom stereocenters. The second-order valence-corrected chi connectivity index (χ2v) is 6.63. The van der Waals surface area contributed by atoms with E-state index in [4.69, 9.17) is 0 Å². The standard InChI is InChI=1S/C13H22N4O2/c1-8(2)5-9(12(18)19)7-17-11(14-15-16-17)10-6-13(10,3)4/h8-10H,5-7H2,1-4H3,(H,18,19). The molecule has 1 N–H and O–H groups in total. The SMILES string of the molecule is CC(C)CC(Cn1nnnc1C1CC1(C)C)C(=O)O. The minimum Gasteiger partial charge on any atom is -0.481 e. The number of nitrogens with zero attached hydrogens (tertiary/aromatic N) is 4. The Bertz CT molecular complexity index is 467. The Morgan fingerprint density at radius 1 is 1.53 bits per heavy atom. The first kappa shape index (κ1) is 14.0. The molecular formula is C13H22N4O2. The van der Waals surface area contributed by atoms with Crippen LogP contribution in [0.25, 0.3) is 0 Å². The summed E-state index contributed by atoms with van der Waals surface area (Å²) in [6.45, 7) is 8.78. The third kappa shape index (κ3) is 3.11. The van der Waals surface area contributed by atoms with Crippen LogP contribution in [0.4, 0.5) is 0 Å². The highest BCUT2D eigenvalue weighted by atomic mass is 16.4. The third-order valence-electron chi connectivity index (χ3n) is 3.88. The van der Waals surface area contributed by atoms with Crippen LogP contribution in [0.1, 0.15) is 52.3 Å². The number of carboxylic acid groups (broad SMARTS) is 1. The van der Waals surface area contributed by atoms with E-state index in [1.54, 1.807) is 4.68 Å². The molecule has 19 heavy (non-hydrogen) atoms. The quantitative estimate of drug-likeness (QED) is 0.851. The van der Waals surface area contributed by atoms with Gasteiger partial charge in [0.1, 0.15) is 0 Å². The van der Waals surface area contributed by atoms with Crippen LogP contribution in [-0.2, 0) is 11.3 Å². The smallest absolute Gasteiger partial charge is 0.308 e. The molecule has 1 aromatic heterocycles. The van der Waals surface area contributed by atoms with Crippen molar-refractivity contribution < 1.29 is 9.90 Å². The Labute approximate surface area is 113 Å². The zero-order valence-electron chi connectivity index (χ0n) is 12.0. The summed E-state index contributed by atoms with van der Waals surface area (Å²) in [6, 6.07) is 0. The molecular weight excluding hydrogens is 244 g/mol. The van der Waals surface area contributed by atoms with E-state index in [1.807, 2.05) is 13.8 Å². The van der Waals surface area contributed by atoms with Gasteiger partial charge in [0, 0.05) is 5.92 Å². The van der Waals surface area contributed by atoms with Gasteiger partial charge in [-0.3, -0.25) is 4.79 Å². The molecule has 1 aliphatic rings. The van der Waals surface area contributed by atoms with E-state index in [0.29, 0.717) is 24.8 Å². The van der Waals surface area contributed by atoms with Crippen LogP contribution in [-0.4, -0.2) is 31.3 Å². The van der Waals surface area contributed by atoms with Gasteiger partial charge in [-0.25, -0.2) is 4.68 Å². The van der Waals surface area contributed by atoms with Crippen LogP contribution in [0, 0.1) is 17.3 Å². The van der Waals surface area contributed by atoms with Crippen molar-refractivity contribution >= 4 is 5.97 Å². The average Bonchev–Trinajstić information content (AvgIpc) is 2.72. The molecule has 0 aliphatic heterocycles. The topological polar surface area (TPSA) is 80.9 Å². The normalized spacial score (nSPS) is 22.5. The Hall–Kier alpha value is -1.46. The molecule has 6 nitrogen and oxygen atoms in total. The van der Waals surface area contributed by atoms with Gasteiger partial charge in [0.05, 0.1) is 12.5 Å². The third-order valence-corrected chi connectivity index (χ3v) is 3.88. The van der Waals surface area contributed by atoms with Crippen LogP contribution < -0.4 is 0 Å². The van der Waals surface area contributed by atoms with Gasteiger partial charge in [-0.15, -0.1) is 5.10 Å². The van der Waals surface area contributed by atoms with E-state index < -0.39 is 11.9 Å². The van der Waals surface area contributed by atoms with E-state index in [0.717, 1.165) is 12.2 Å². The summed E-state index contributed by atoms with van der Waals surface area (Å²) in [6.07, 6.45) is 1.71. The number of rotatable bonds is 6. The zero-order chi connectivity index (χ0) is 14.2. The average molecular weight is 266 g/mol. The monoisotopic (exact) mass is 266 g/mol. The number of aliphatic carboxylic acids is 1. The van der Waals surface area contributed by atoms with Gasteiger partial charge in [-0.1, -0.05) is 27.7 Å². The number of carbonyl (C=O) groups is 1. The Morgan fingerprint density at radius 3 is 2.63 bits per heavy atom. The van der Waals surface area contributed by atoms with Gasteiger partial charge in [0.2, 0.25) is 0 Å². The molecule has 0 aromatic carbocycles. The summed E-state index contributed by atoms with van der Waals surface area (Å²) in [4.78, 5) is 11.3. The summed E-state index contributed by atoms with van der Waals surface area (Å²) in [5, 5.41) is 21.0. The minimum atomic E-state index is -0.773. The molecule has 1 heterocycles. The van der Waals surface area contributed by atoms with Crippen LogP contribution in [0.3, 0.4) is 0 Å². The molecule has 1 fully saturated rings. The fraction of sp³-hybridized carbons (Fsp3) is 0.846. The molecule has 6 heteroatoms.